The summed E-state index contributed by atoms with van der Waals surface area (Å²) in [7, 11) is 0. The zero-order chi connectivity index (χ0) is 13.1. The molecule has 2 heterocycles. The zero-order valence-electron chi connectivity index (χ0n) is 12.0. The molecule has 106 valence electrons. The lowest BCUT2D eigenvalue weighted by atomic mass is 9.81. The van der Waals surface area contributed by atoms with Crippen LogP contribution in [0.15, 0.2) is 0 Å². The van der Waals surface area contributed by atoms with Crippen LogP contribution >= 0.6 is 15.9 Å². The minimum atomic E-state index is 0.465. The van der Waals surface area contributed by atoms with Crippen LogP contribution < -0.4 is 0 Å². The highest BCUT2D eigenvalue weighted by molar-refractivity contribution is 9.09. The Morgan fingerprint density at radius 2 is 1.78 bits per heavy atom. The molecule has 0 aliphatic carbocycles. The van der Waals surface area contributed by atoms with E-state index in [0.717, 1.165) is 18.5 Å². The first-order valence-electron chi connectivity index (χ1n) is 7.41. The van der Waals surface area contributed by atoms with E-state index < -0.39 is 0 Å². The molecular formula is C15H28BrNO. The van der Waals surface area contributed by atoms with Crippen LogP contribution in [-0.4, -0.2) is 43.1 Å². The number of alkyl halides is 1. The molecule has 0 aromatic rings. The molecule has 2 saturated heterocycles. The summed E-state index contributed by atoms with van der Waals surface area (Å²) in [5, 5.41) is 1.13. The van der Waals surface area contributed by atoms with Crippen LogP contribution in [0.2, 0.25) is 0 Å². The first kappa shape index (κ1) is 14.8. The summed E-state index contributed by atoms with van der Waals surface area (Å²) < 4.78 is 5.53. The number of hydrogen-bond donors (Lipinski definition) is 0. The number of likely N-dealkylation sites (tertiary alicyclic amines) is 1. The third-order valence-electron chi connectivity index (χ3n) is 4.83. The Morgan fingerprint density at radius 1 is 1.06 bits per heavy atom. The van der Waals surface area contributed by atoms with Gasteiger partial charge < -0.3 is 9.64 Å². The van der Waals surface area contributed by atoms with Crippen LogP contribution in [0.1, 0.15) is 46.0 Å². The quantitative estimate of drug-likeness (QED) is 0.736. The van der Waals surface area contributed by atoms with Crippen molar-refractivity contribution in [3.8, 4) is 0 Å². The van der Waals surface area contributed by atoms with Crippen molar-refractivity contribution in [3.63, 3.8) is 0 Å². The fourth-order valence-electron chi connectivity index (χ4n) is 3.25. The van der Waals surface area contributed by atoms with Crippen LogP contribution in [0, 0.1) is 10.8 Å². The molecule has 0 atom stereocenters. The van der Waals surface area contributed by atoms with Gasteiger partial charge in [0.1, 0.15) is 0 Å². The topological polar surface area (TPSA) is 12.5 Å². The smallest absolute Gasteiger partial charge is 0.0472 e. The van der Waals surface area contributed by atoms with Crippen LogP contribution in [-0.2, 0) is 4.74 Å². The molecule has 0 bridgehead atoms. The molecule has 0 amide bonds. The summed E-state index contributed by atoms with van der Waals surface area (Å²) in [4.78, 5) is 2.71. The Hall–Kier alpha value is 0.400. The molecule has 2 aliphatic rings. The summed E-state index contributed by atoms with van der Waals surface area (Å²) in [5.41, 5.74) is 1.01. The van der Waals surface area contributed by atoms with Gasteiger partial charge in [-0.1, -0.05) is 29.8 Å². The molecule has 0 N–H and O–H groups in total. The second kappa shape index (κ2) is 6.23. The summed E-state index contributed by atoms with van der Waals surface area (Å²) in [6.07, 6.45) is 6.54. The minimum Gasteiger partial charge on any atom is -0.381 e. The molecule has 3 heteroatoms. The van der Waals surface area contributed by atoms with Gasteiger partial charge in [0.15, 0.2) is 0 Å². The van der Waals surface area contributed by atoms with Crippen molar-refractivity contribution in [1.82, 2.24) is 4.90 Å². The summed E-state index contributed by atoms with van der Waals surface area (Å²) in [5.74, 6) is 0. The molecule has 0 spiro atoms. The maximum absolute atomic E-state index is 5.53. The molecule has 0 radical (unpaired) electrons. The van der Waals surface area contributed by atoms with E-state index >= 15 is 0 Å². The van der Waals surface area contributed by atoms with Crippen LogP contribution in [0.25, 0.3) is 0 Å². The van der Waals surface area contributed by atoms with E-state index in [-0.39, 0.29) is 0 Å². The Labute approximate surface area is 121 Å². The van der Waals surface area contributed by atoms with Gasteiger partial charge in [0.05, 0.1) is 0 Å². The van der Waals surface area contributed by atoms with Crippen LogP contribution in [0.4, 0.5) is 0 Å². The minimum absolute atomic E-state index is 0.465. The van der Waals surface area contributed by atoms with Gasteiger partial charge in [-0.25, -0.2) is 0 Å². The monoisotopic (exact) mass is 317 g/mol. The molecule has 2 rings (SSSR count). The SMILES string of the molecule is CC1(C)CCCN(CC2(CBr)CCOCC2)CC1. The van der Waals surface area contributed by atoms with Crippen molar-refractivity contribution >= 4 is 15.9 Å². The van der Waals surface area contributed by atoms with Gasteiger partial charge in [-0.15, -0.1) is 0 Å². The van der Waals surface area contributed by atoms with E-state index in [2.05, 4.69) is 34.7 Å². The van der Waals surface area contributed by atoms with E-state index in [4.69, 9.17) is 4.74 Å². The third kappa shape index (κ3) is 3.94. The summed E-state index contributed by atoms with van der Waals surface area (Å²) in [6, 6.07) is 0. The fraction of sp³-hybridized carbons (Fsp3) is 1.00. The molecule has 2 aliphatic heterocycles. The predicted molar refractivity (Wildman–Crippen MR) is 80.4 cm³/mol. The van der Waals surface area contributed by atoms with E-state index in [1.165, 1.54) is 51.7 Å². The number of ether oxygens (including phenoxy) is 1. The van der Waals surface area contributed by atoms with Crippen molar-refractivity contribution in [1.29, 1.82) is 0 Å². The standard InChI is InChI=1S/C15H28BrNO/c1-14(2)4-3-8-17(9-5-14)13-15(12-16)6-10-18-11-7-15/h3-13H2,1-2H3. The lowest BCUT2D eigenvalue weighted by molar-refractivity contribution is 0.00830. The van der Waals surface area contributed by atoms with Gasteiger partial charge in [-0.05, 0) is 56.0 Å². The molecule has 0 aromatic heterocycles. The zero-order valence-corrected chi connectivity index (χ0v) is 13.6. The average molecular weight is 318 g/mol. The average Bonchev–Trinajstić information content (AvgIpc) is 2.52. The van der Waals surface area contributed by atoms with E-state index in [9.17, 15) is 0 Å². The second-order valence-electron chi connectivity index (χ2n) is 7.04. The first-order chi connectivity index (χ1) is 8.55. The second-order valence-corrected chi connectivity index (χ2v) is 7.60. The molecule has 0 saturated carbocycles. The summed E-state index contributed by atoms with van der Waals surface area (Å²) >= 11 is 3.75. The van der Waals surface area contributed by atoms with E-state index in [1.807, 2.05) is 0 Å². The lowest BCUT2D eigenvalue weighted by Crippen LogP contribution is -2.43. The van der Waals surface area contributed by atoms with Gasteiger partial charge in [0, 0.05) is 25.1 Å². The molecule has 2 nitrogen and oxygen atoms in total. The van der Waals surface area contributed by atoms with Crippen molar-refractivity contribution < 1.29 is 4.74 Å². The molecule has 0 unspecified atom stereocenters. The highest BCUT2D eigenvalue weighted by atomic mass is 79.9. The largest absolute Gasteiger partial charge is 0.381 e. The Bertz CT molecular complexity index is 261. The van der Waals surface area contributed by atoms with Gasteiger partial charge in [-0.2, -0.15) is 0 Å². The Balaban J connectivity index is 1.91. The number of hydrogen-bond acceptors (Lipinski definition) is 2. The van der Waals surface area contributed by atoms with Crippen molar-refractivity contribution in [3.05, 3.63) is 0 Å². The fourth-order valence-corrected chi connectivity index (χ4v) is 3.99. The van der Waals surface area contributed by atoms with Crippen molar-refractivity contribution in [2.45, 2.75) is 46.0 Å². The highest BCUT2D eigenvalue weighted by Gasteiger charge is 2.34. The maximum Gasteiger partial charge on any atom is 0.0472 e. The van der Waals surface area contributed by atoms with Gasteiger partial charge in [0.25, 0.3) is 0 Å². The van der Waals surface area contributed by atoms with Gasteiger partial charge in [-0.3, -0.25) is 0 Å². The first-order valence-corrected chi connectivity index (χ1v) is 8.54. The Morgan fingerprint density at radius 3 is 2.44 bits per heavy atom. The van der Waals surface area contributed by atoms with E-state index in [0.29, 0.717) is 10.8 Å². The normalized spacial score (nSPS) is 28.8. The number of nitrogens with zero attached hydrogens (tertiary/aromatic N) is 1. The summed E-state index contributed by atoms with van der Waals surface area (Å²) in [6.45, 7) is 10.6. The Kier molecular flexibility index (Phi) is 5.13. The molecular weight excluding hydrogens is 290 g/mol. The van der Waals surface area contributed by atoms with Crippen LogP contribution in [0.3, 0.4) is 0 Å². The molecule has 18 heavy (non-hydrogen) atoms. The number of rotatable bonds is 3. The van der Waals surface area contributed by atoms with Crippen molar-refractivity contribution in [2.24, 2.45) is 10.8 Å². The predicted octanol–water partition coefficient (Wildman–Crippen LogP) is 3.69. The molecule has 2 fully saturated rings. The highest BCUT2D eigenvalue weighted by Crippen LogP contribution is 2.36. The maximum atomic E-state index is 5.53. The van der Waals surface area contributed by atoms with Crippen LogP contribution in [0.5, 0.6) is 0 Å². The molecule has 0 aromatic carbocycles. The van der Waals surface area contributed by atoms with Crippen molar-refractivity contribution in [2.75, 3.05) is 38.2 Å². The number of halogens is 1. The lowest BCUT2D eigenvalue weighted by Gasteiger charge is -2.39. The van der Waals surface area contributed by atoms with E-state index in [1.54, 1.807) is 0 Å². The van der Waals surface area contributed by atoms with Gasteiger partial charge in [0.2, 0.25) is 0 Å². The third-order valence-corrected chi connectivity index (χ3v) is 6.02. The van der Waals surface area contributed by atoms with Gasteiger partial charge >= 0.3 is 0 Å².